The zero-order valence-electron chi connectivity index (χ0n) is 26.1. The van der Waals surface area contributed by atoms with Crippen molar-refractivity contribution in [3.8, 4) is 11.5 Å². The maximum absolute atomic E-state index is 13.2. The predicted molar refractivity (Wildman–Crippen MR) is 155 cm³/mol. The van der Waals surface area contributed by atoms with Crippen molar-refractivity contribution >= 4 is 23.9 Å². The standard InChI is InChI=1S/C32H49NO8/c1-9-21(4)33-32(27(35)36,41-26(34)23-15-13-12-14-16-23)20-22-17-18-24(39-28(37)30(5,6)10-2)25(19-22)40-29(38)31(7,8)11-3/h17-19,21,23,33H,9-16,20H2,1-8H3,(H,35,36)/t21?,32-/m0/s1. The summed E-state index contributed by atoms with van der Waals surface area (Å²) in [4.78, 5) is 51.9. The number of hydrogen-bond donors (Lipinski definition) is 2. The third-order valence-electron chi connectivity index (χ3n) is 8.39. The van der Waals surface area contributed by atoms with Gasteiger partial charge in [-0.1, -0.05) is 46.1 Å². The fraction of sp³-hybridized carbons (Fsp3) is 0.688. The first kappa shape index (κ1) is 34.3. The number of nitrogens with one attached hydrogen (secondary N) is 1. The molecule has 1 aromatic carbocycles. The third-order valence-corrected chi connectivity index (χ3v) is 8.39. The molecule has 2 N–H and O–H groups in total. The van der Waals surface area contributed by atoms with E-state index in [0.717, 1.165) is 19.3 Å². The fourth-order valence-corrected chi connectivity index (χ4v) is 4.27. The molecule has 230 valence electrons. The van der Waals surface area contributed by atoms with Crippen molar-refractivity contribution in [3.63, 3.8) is 0 Å². The highest BCUT2D eigenvalue weighted by Gasteiger charge is 2.45. The predicted octanol–water partition coefficient (Wildman–Crippen LogP) is 6.20. The number of carboxylic acids is 1. The molecule has 0 saturated heterocycles. The molecule has 9 heteroatoms. The molecule has 9 nitrogen and oxygen atoms in total. The summed E-state index contributed by atoms with van der Waals surface area (Å²) in [5, 5.41) is 13.5. The van der Waals surface area contributed by atoms with Gasteiger partial charge in [0.05, 0.1) is 16.7 Å². The lowest BCUT2D eigenvalue weighted by molar-refractivity contribution is -0.188. The Bertz CT molecular complexity index is 1090. The van der Waals surface area contributed by atoms with Crippen molar-refractivity contribution in [2.24, 2.45) is 16.7 Å². The highest BCUT2D eigenvalue weighted by Crippen LogP contribution is 2.35. The summed E-state index contributed by atoms with van der Waals surface area (Å²) >= 11 is 0. The van der Waals surface area contributed by atoms with E-state index in [0.29, 0.717) is 37.7 Å². The van der Waals surface area contributed by atoms with Crippen LogP contribution in [-0.2, 0) is 30.3 Å². The minimum Gasteiger partial charge on any atom is -0.477 e. The molecule has 2 rings (SSSR count). The molecule has 1 aliphatic rings. The number of esters is 3. The fourth-order valence-electron chi connectivity index (χ4n) is 4.27. The summed E-state index contributed by atoms with van der Waals surface area (Å²) in [5.74, 6) is -3.17. The second kappa shape index (κ2) is 14.3. The van der Waals surface area contributed by atoms with Crippen LogP contribution in [0, 0.1) is 16.7 Å². The molecule has 2 atom stereocenters. The Kier molecular flexibility index (Phi) is 11.9. The van der Waals surface area contributed by atoms with E-state index in [4.69, 9.17) is 14.2 Å². The molecule has 0 aromatic heterocycles. The van der Waals surface area contributed by atoms with Gasteiger partial charge in [-0.05, 0) is 84.4 Å². The quantitative estimate of drug-likeness (QED) is 0.151. The SMILES string of the molecule is CCC(C)N[C@@](Cc1ccc(OC(=O)C(C)(C)CC)c(OC(=O)C(C)(C)CC)c1)(OC(=O)C1CCCCC1)C(=O)O. The summed E-state index contributed by atoms with van der Waals surface area (Å²) in [6, 6.07) is 4.29. The summed E-state index contributed by atoms with van der Waals surface area (Å²) in [5.41, 5.74) is -3.20. The van der Waals surface area contributed by atoms with E-state index in [1.165, 1.54) is 12.1 Å². The number of hydrogen-bond acceptors (Lipinski definition) is 8. The summed E-state index contributed by atoms with van der Waals surface area (Å²) < 4.78 is 17.2. The maximum atomic E-state index is 13.2. The van der Waals surface area contributed by atoms with Gasteiger partial charge in [-0.15, -0.1) is 0 Å². The lowest BCUT2D eigenvalue weighted by Gasteiger charge is -2.35. The second-order valence-corrected chi connectivity index (χ2v) is 12.6. The highest BCUT2D eigenvalue weighted by molar-refractivity contribution is 5.84. The second-order valence-electron chi connectivity index (χ2n) is 12.6. The normalized spacial score (nSPS) is 16.8. The lowest BCUT2D eigenvalue weighted by atomic mass is 9.89. The van der Waals surface area contributed by atoms with Gasteiger partial charge in [0.25, 0.3) is 5.72 Å². The number of carbonyl (C=O) groups excluding carboxylic acids is 3. The highest BCUT2D eigenvalue weighted by atomic mass is 16.6. The zero-order valence-corrected chi connectivity index (χ0v) is 26.1. The molecule has 41 heavy (non-hydrogen) atoms. The van der Waals surface area contributed by atoms with Gasteiger partial charge in [-0.3, -0.25) is 19.7 Å². The Morgan fingerprint density at radius 3 is 1.93 bits per heavy atom. The van der Waals surface area contributed by atoms with Crippen LogP contribution >= 0.6 is 0 Å². The van der Waals surface area contributed by atoms with Crippen molar-refractivity contribution < 1.29 is 38.5 Å². The van der Waals surface area contributed by atoms with Gasteiger partial charge in [0.15, 0.2) is 11.5 Å². The molecular weight excluding hydrogens is 526 g/mol. The van der Waals surface area contributed by atoms with E-state index in [1.807, 2.05) is 27.7 Å². The maximum Gasteiger partial charge on any atom is 0.364 e. The van der Waals surface area contributed by atoms with Crippen LogP contribution in [0.2, 0.25) is 0 Å². The van der Waals surface area contributed by atoms with Crippen molar-refractivity contribution in [1.29, 1.82) is 0 Å². The molecule has 0 bridgehead atoms. The molecule has 0 radical (unpaired) electrons. The molecule has 1 aromatic rings. The van der Waals surface area contributed by atoms with Crippen LogP contribution in [0.25, 0.3) is 0 Å². The smallest absolute Gasteiger partial charge is 0.364 e. The minimum absolute atomic E-state index is 0.00397. The first-order chi connectivity index (χ1) is 19.1. The van der Waals surface area contributed by atoms with Crippen molar-refractivity contribution in [2.75, 3.05) is 0 Å². The van der Waals surface area contributed by atoms with Gasteiger partial charge in [0.2, 0.25) is 0 Å². The lowest BCUT2D eigenvalue weighted by Crippen LogP contribution is -2.60. The van der Waals surface area contributed by atoms with E-state index in [1.54, 1.807) is 33.8 Å². The largest absolute Gasteiger partial charge is 0.477 e. The molecule has 0 amide bonds. The van der Waals surface area contributed by atoms with Crippen molar-refractivity contribution in [3.05, 3.63) is 23.8 Å². The van der Waals surface area contributed by atoms with E-state index in [2.05, 4.69) is 5.32 Å². The van der Waals surface area contributed by atoms with E-state index < -0.39 is 40.4 Å². The van der Waals surface area contributed by atoms with Crippen LogP contribution in [0.1, 0.15) is 112 Å². The Morgan fingerprint density at radius 2 is 1.44 bits per heavy atom. The van der Waals surface area contributed by atoms with Crippen LogP contribution in [0.15, 0.2) is 18.2 Å². The van der Waals surface area contributed by atoms with Crippen molar-refractivity contribution in [2.45, 2.75) is 125 Å². The number of carbonyl (C=O) groups is 4. The molecular formula is C32H49NO8. The first-order valence-corrected chi connectivity index (χ1v) is 14.9. The minimum atomic E-state index is -2.05. The van der Waals surface area contributed by atoms with Crippen molar-refractivity contribution in [1.82, 2.24) is 5.32 Å². The third kappa shape index (κ3) is 9.02. The number of carboxylic acid groups (broad SMARTS) is 1. The average Bonchev–Trinajstić information content (AvgIpc) is 2.94. The van der Waals surface area contributed by atoms with Gasteiger partial charge in [-0.25, -0.2) is 4.79 Å². The zero-order chi connectivity index (χ0) is 31.0. The van der Waals surface area contributed by atoms with Crippen LogP contribution in [-0.4, -0.2) is 40.8 Å². The van der Waals surface area contributed by atoms with Gasteiger partial charge in [0, 0.05) is 12.5 Å². The van der Waals surface area contributed by atoms with Gasteiger partial charge in [0.1, 0.15) is 0 Å². The first-order valence-electron chi connectivity index (χ1n) is 14.9. The Morgan fingerprint density at radius 1 is 0.902 bits per heavy atom. The number of benzene rings is 1. The molecule has 1 aliphatic carbocycles. The Labute approximate surface area is 244 Å². The molecule has 1 fully saturated rings. The number of rotatable bonds is 14. The summed E-state index contributed by atoms with van der Waals surface area (Å²) in [7, 11) is 0. The molecule has 0 spiro atoms. The van der Waals surface area contributed by atoms with Crippen LogP contribution in [0.4, 0.5) is 0 Å². The van der Waals surface area contributed by atoms with Gasteiger partial charge < -0.3 is 19.3 Å². The monoisotopic (exact) mass is 575 g/mol. The summed E-state index contributed by atoms with van der Waals surface area (Å²) in [6.07, 6.45) is 5.60. The van der Waals surface area contributed by atoms with Gasteiger partial charge in [-0.2, -0.15) is 0 Å². The van der Waals surface area contributed by atoms with E-state index in [-0.39, 0.29) is 29.9 Å². The average molecular weight is 576 g/mol. The number of aliphatic carboxylic acids is 1. The number of ether oxygens (including phenoxy) is 3. The topological polar surface area (TPSA) is 128 Å². The Balaban J connectivity index is 2.53. The Hall–Kier alpha value is -2.94. The van der Waals surface area contributed by atoms with Gasteiger partial charge >= 0.3 is 23.9 Å². The van der Waals surface area contributed by atoms with E-state index in [9.17, 15) is 24.3 Å². The molecule has 0 aliphatic heterocycles. The summed E-state index contributed by atoms with van der Waals surface area (Å²) in [6.45, 7) is 14.5. The van der Waals surface area contributed by atoms with Crippen LogP contribution < -0.4 is 14.8 Å². The van der Waals surface area contributed by atoms with E-state index >= 15 is 0 Å². The van der Waals surface area contributed by atoms with Crippen LogP contribution in [0.5, 0.6) is 11.5 Å². The molecule has 0 heterocycles. The molecule has 1 unspecified atom stereocenters. The van der Waals surface area contributed by atoms with Crippen LogP contribution in [0.3, 0.4) is 0 Å². The molecule has 1 saturated carbocycles.